The molecule has 23 heteroatoms. The average Bonchev–Trinajstić information content (AvgIpc) is 3.65. The predicted octanol–water partition coefficient (Wildman–Crippen LogP) is -3.30. The summed E-state index contributed by atoms with van der Waals surface area (Å²) in [5.74, 6) is -2.15. The van der Waals surface area contributed by atoms with E-state index >= 15 is 0 Å². The molecule has 1 saturated heterocycles. The number of ether oxygens (including phenoxy) is 1. The van der Waals surface area contributed by atoms with Crippen molar-refractivity contribution in [2.45, 2.75) is 87.2 Å². The number of fused-ring (bicyclic) bond motifs is 1. The molecular formula is C29H63N8O12P3. The highest BCUT2D eigenvalue weighted by Gasteiger charge is 2.37. The molecule has 0 amide bonds. The molecule has 0 aromatic carbocycles. The van der Waals surface area contributed by atoms with Gasteiger partial charge in [-0.05, 0) is 62.3 Å². The number of nitrogens with zero attached hydrogens (tertiary/aromatic N) is 3. The number of phosphoric ester groups is 1. The van der Waals surface area contributed by atoms with Gasteiger partial charge < -0.3 is 63.5 Å². The Balaban J connectivity index is 0.00000101. The summed E-state index contributed by atoms with van der Waals surface area (Å²) in [5, 5.41) is 10.1. The van der Waals surface area contributed by atoms with Crippen LogP contribution in [-0.4, -0.2) is 113 Å². The van der Waals surface area contributed by atoms with Crippen LogP contribution in [0, 0.1) is 0 Å². The lowest BCUT2D eigenvalue weighted by atomic mass is 10.2. The molecule has 8 N–H and O–H groups in total. The maximum absolute atomic E-state index is 11.8. The monoisotopic (exact) mass is 808 g/mol. The van der Waals surface area contributed by atoms with Crippen LogP contribution in [0.4, 0.5) is 5.95 Å². The van der Waals surface area contributed by atoms with Gasteiger partial charge in [-0.2, -0.15) is 4.98 Å². The minimum Gasteiger partial charge on any atom is -0.778 e. The summed E-state index contributed by atoms with van der Waals surface area (Å²) in [4.78, 5) is 69.2. The number of aliphatic hydroxyl groups excluding tert-OH is 1. The Bertz CT molecular complexity index is 1440. The second kappa shape index (κ2) is 24.7. The number of nitrogen functional groups attached to an aromatic ring is 1. The van der Waals surface area contributed by atoms with Crippen LogP contribution < -0.4 is 40.7 Å². The molecule has 0 radical (unpaired) electrons. The number of nitrogens with one attached hydrogen (secondary N) is 4. The van der Waals surface area contributed by atoms with E-state index in [9.17, 15) is 38.3 Å². The number of imidazole rings is 1. The van der Waals surface area contributed by atoms with E-state index in [1.165, 1.54) is 69.8 Å². The number of phosphoric acid groups is 1. The molecule has 3 unspecified atom stereocenters. The number of aliphatic hydroxyl groups is 1. The fraction of sp³-hybridized carbons (Fsp3) is 0.828. The summed E-state index contributed by atoms with van der Waals surface area (Å²) >= 11 is 0. The van der Waals surface area contributed by atoms with Gasteiger partial charge in [0.2, 0.25) is 5.95 Å². The van der Waals surface area contributed by atoms with E-state index in [1.807, 2.05) is 0 Å². The molecule has 1 fully saturated rings. The van der Waals surface area contributed by atoms with E-state index in [4.69, 9.17) is 15.4 Å². The lowest BCUT2D eigenvalue weighted by Gasteiger charge is -2.33. The molecule has 0 bridgehead atoms. The molecule has 1 aliphatic rings. The number of nitrogens with two attached hydrogens (primary N) is 1. The quantitative estimate of drug-likeness (QED) is 0.0771. The summed E-state index contributed by atoms with van der Waals surface area (Å²) < 4.78 is 48.5. The molecule has 0 aliphatic carbocycles. The van der Waals surface area contributed by atoms with Crippen LogP contribution in [0.1, 0.15) is 75.0 Å². The number of rotatable bonds is 17. The van der Waals surface area contributed by atoms with E-state index in [0.717, 1.165) is 0 Å². The first-order chi connectivity index (χ1) is 24.2. The van der Waals surface area contributed by atoms with Crippen LogP contribution in [0.5, 0.6) is 0 Å². The zero-order valence-electron chi connectivity index (χ0n) is 32.0. The molecule has 52 heavy (non-hydrogen) atoms. The van der Waals surface area contributed by atoms with Gasteiger partial charge in [0, 0.05) is 6.42 Å². The molecular weight excluding hydrogens is 745 g/mol. The Morgan fingerprint density at radius 2 is 1.35 bits per heavy atom. The Morgan fingerprint density at radius 1 is 0.904 bits per heavy atom. The van der Waals surface area contributed by atoms with Crippen LogP contribution in [0.2, 0.25) is 0 Å². The van der Waals surface area contributed by atoms with Crippen molar-refractivity contribution in [3.63, 3.8) is 0 Å². The second-order valence-electron chi connectivity index (χ2n) is 11.9. The van der Waals surface area contributed by atoms with Gasteiger partial charge in [0.05, 0.1) is 83.8 Å². The molecule has 3 heterocycles. The van der Waals surface area contributed by atoms with Gasteiger partial charge in [-0.3, -0.25) is 23.2 Å². The van der Waals surface area contributed by atoms with Crippen molar-refractivity contribution in [2.75, 3.05) is 77.1 Å². The Kier molecular flexibility index (Phi) is 24.0. The van der Waals surface area contributed by atoms with E-state index < -0.39 is 59.5 Å². The third-order valence-corrected chi connectivity index (χ3v) is 13.5. The number of quaternary nitrogens is 3. The van der Waals surface area contributed by atoms with E-state index in [2.05, 4.69) is 86.1 Å². The van der Waals surface area contributed by atoms with E-state index in [1.54, 1.807) is 14.7 Å². The highest BCUT2D eigenvalue weighted by atomic mass is 31.3. The van der Waals surface area contributed by atoms with Gasteiger partial charge in [0.25, 0.3) is 13.4 Å². The molecule has 20 nitrogen and oxygen atoms in total. The van der Waals surface area contributed by atoms with Crippen molar-refractivity contribution in [3.05, 3.63) is 16.7 Å². The zero-order chi connectivity index (χ0) is 40.3. The van der Waals surface area contributed by atoms with E-state index in [-0.39, 0.29) is 23.5 Å². The number of H-pyrrole nitrogens is 1. The zero-order valence-corrected chi connectivity index (χ0v) is 34.7. The van der Waals surface area contributed by atoms with Crippen LogP contribution >= 0.6 is 23.0 Å². The average molecular weight is 809 g/mol. The summed E-state index contributed by atoms with van der Waals surface area (Å²) in [6, 6.07) is 0. The van der Waals surface area contributed by atoms with Gasteiger partial charge in [0.15, 0.2) is 18.8 Å². The molecule has 6 atom stereocenters. The Labute approximate surface area is 307 Å². The standard InChI is InChI=1S/C11H18N5O12P3.3C6H15N/c12-11-14-9-8(10(18)15-11)13-3-16(9)7-1-5(17)6(27-7)2-26-31(24,25)28-30(22,23)4-29(19,20)21;3*1-4-7(5-2)6-3/h3,5-7,17H,1-2,4H2,(H,22,23)(H,24,25)(H2,19,20,21)(H3,12,14,15,18);3*4-6H2,1-3H3/t5-,6+,7+;;;/m0.../s1. The van der Waals surface area contributed by atoms with Crippen LogP contribution in [0.15, 0.2) is 11.1 Å². The van der Waals surface area contributed by atoms with Gasteiger partial charge in [-0.25, -0.2) is 4.98 Å². The van der Waals surface area contributed by atoms with Crippen molar-refractivity contribution < 1.29 is 66.6 Å². The third kappa shape index (κ3) is 19.1. The van der Waals surface area contributed by atoms with Crippen LogP contribution in [0.3, 0.4) is 0 Å². The third-order valence-electron chi connectivity index (χ3n) is 8.44. The lowest BCUT2D eigenvalue weighted by Crippen LogP contribution is -3.11. The SMILES string of the molecule is CC[NH+](CC)CC.CC[NH+](CC)CC.CC[NH+](CC)CC.Nc1nc2c(ncn2[C@H]2C[C@H](O)[C@@H](COP(=O)([O-])OP(=O)([O-])CP(=O)([O-])O)O2)c(=O)[nH]1. The van der Waals surface area contributed by atoms with Gasteiger partial charge in [-0.1, -0.05) is 0 Å². The van der Waals surface area contributed by atoms with Gasteiger partial charge in [0.1, 0.15) is 19.9 Å². The van der Waals surface area contributed by atoms with Gasteiger partial charge >= 0.3 is 0 Å². The fourth-order valence-electron chi connectivity index (χ4n) is 5.03. The summed E-state index contributed by atoms with van der Waals surface area (Å²) in [5.41, 5.74) is 4.86. The molecule has 2 aromatic rings. The minimum absolute atomic E-state index is 0.0381. The second-order valence-corrected chi connectivity index (χ2v) is 17.3. The maximum Gasteiger partial charge on any atom is 0.280 e. The van der Waals surface area contributed by atoms with Crippen molar-refractivity contribution in [1.82, 2.24) is 19.5 Å². The van der Waals surface area contributed by atoms with Crippen molar-refractivity contribution >= 4 is 40.1 Å². The normalized spacial score (nSPS) is 20.6. The maximum atomic E-state index is 11.8. The van der Waals surface area contributed by atoms with E-state index in [0.29, 0.717) is 0 Å². The largest absolute Gasteiger partial charge is 0.778 e. The first-order valence-corrected chi connectivity index (χ1v) is 22.7. The van der Waals surface area contributed by atoms with Crippen molar-refractivity contribution in [2.24, 2.45) is 0 Å². The Morgan fingerprint density at radius 3 is 1.73 bits per heavy atom. The minimum atomic E-state index is -5.59. The molecule has 0 saturated carbocycles. The predicted molar refractivity (Wildman–Crippen MR) is 192 cm³/mol. The highest BCUT2D eigenvalue weighted by molar-refractivity contribution is 7.72. The lowest BCUT2D eigenvalue weighted by molar-refractivity contribution is -0.894. The first-order valence-electron chi connectivity index (χ1n) is 17.8. The Hall–Kier alpha value is -1.60. The van der Waals surface area contributed by atoms with Crippen LogP contribution in [-0.2, 0) is 27.3 Å². The van der Waals surface area contributed by atoms with Crippen molar-refractivity contribution in [1.29, 1.82) is 0 Å². The highest BCUT2D eigenvalue weighted by Crippen LogP contribution is 2.60. The van der Waals surface area contributed by atoms with Crippen molar-refractivity contribution in [3.8, 4) is 0 Å². The van der Waals surface area contributed by atoms with Gasteiger partial charge in [-0.15, -0.1) is 0 Å². The molecule has 3 rings (SSSR count). The molecule has 1 aliphatic heterocycles. The smallest absolute Gasteiger partial charge is 0.280 e. The number of aromatic nitrogens is 4. The number of hydrogen-bond acceptors (Lipinski definition) is 14. The molecule has 306 valence electrons. The fourth-order valence-corrected chi connectivity index (χ4v) is 9.18. The topological polar surface area (TPSA) is 291 Å². The number of anilines is 1. The summed E-state index contributed by atoms with van der Waals surface area (Å²) in [7, 11) is -16.5. The molecule has 0 spiro atoms. The summed E-state index contributed by atoms with van der Waals surface area (Å²) in [6.07, 6.45) is -2.46. The number of aromatic amines is 1. The van der Waals surface area contributed by atoms with Crippen LogP contribution in [0.25, 0.3) is 11.2 Å². The number of hydrogen-bond donors (Lipinski definition) is 7. The summed E-state index contributed by atoms with van der Waals surface area (Å²) in [6.45, 7) is 30.6. The first kappa shape index (κ1) is 50.4. The molecule has 2 aromatic heterocycles.